The fraction of sp³-hybridized carbons (Fsp3) is 0.875. The Kier molecular flexibility index (Phi) is 7.18. The van der Waals surface area contributed by atoms with Crippen molar-refractivity contribution in [2.75, 3.05) is 46.9 Å². The zero-order valence-corrected chi connectivity index (χ0v) is 17.0. The average molecular weight is 428 g/mol. The number of alkyl halides is 3. The number of rotatable bonds is 4. The van der Waals surface area contributed by atoms with Crippen molar-refractivity contribution in [3.63, 3.8) is 0 Å². The topological polar surface area (TPSA) is 91.3 Å². The summed E-state index contributed by atoms with van der Waals surface area (Å²) < 4.78 is 66.2. The number of carbonyl (C=O) groups excluding carboxylic acids is 1. The molecule has 8 nitrogen and oxygen atoms in total. The molecule has 0 aliphatic carbocycles. The minimum Gasteiger partial charge on any atom is -0.469 e. The Morgan fingerprint density at radius 3 is 2.36 bits per heavy atom. The Morgan fingerprint density at radius 1 is 1.25 bits per heavy atom. The average Bonchev–Trinajstić information content (AvgIpc) is 3.02. The lowest BCUT2D eigenvalue weighted by Crippen LogP contribution is -2.47. The summed E-state index contributed by atoms with van der Waals surface area (Å²) in [6, 6.07) is 0. The highest BCUT2D eigenvalue weighted by molar-refractivity contribution is 7.90. The fourth-order valence-corrected chi connectivity index (χ4v) is 4.65. The van der Waals surface area contributed by atoms with Gasteiger partial charge in [-0.3, -0.25) is 9.79 Å². The quantitative estimate of drug-likeness (QED) is 0.406. The van der Waals surface area contributed by atoms with E-state index in [0.717, 1.165) is 0 Å². The molecule has 162 valence electrons. The lowest BCUT2D eigenvalue weighted by Gasteiger charge is -2.32. The number of piperidine rings is 1. The van der Waals surface area contributed by atoms with Gasteiger partial charge in [-0.15, -0.1) is 0 Å². The molecule has 2 unspecified atom stereocenters. The maximum atomic E-state index is 12.6. The number of guanidine groups is 1. The highest BCUT2D eigenvalue weighted by Crippen LogP contribution is 2.30. The van der Waals surface area contributed by atoms with Crippen molar-refractivity contribution in [3.05, 3.63) is 0 Å². The van der Waals surface area contributed by atoms with Gasteiger partial charge in [-0.1, -0.05) is 6.92 Å². The van der Waals surface area contributed by atoms with Gasteiger partial charge in [-0.2, -0.15) is 17.5 Å². The van der Waals surface area contributed by atoms with E-state index >= 15 is 0 Å². The number of methoxy groups -OCH3 is 1. The Bertz CT molecular complexity index is 690. The number of likely N-dealkylation sites (tertiary alicyclic amines) is 1. The van der Waals surface area contributed by atoms with Gasteiger partial charge in [0.1, 0.15) is 0 Å². The van der Waals surface area contributed by atoms with Gasteiger partial charge in [0.2, 0.25) is 0 Å². The second-order valence-electron chi connectivity index (χ2n) is 7.23. The number of halogens is 3. The van der Waals surface area contributed by atoms with Gasteiger partial charge in [0.15, 0.2) is 5.96 Å². The van der Waals surface area contributed by atoms with Gasteiger partial charge in [0, 0.05) is 39.8 Å². The van der Waals surface area contributed by atoms with Gasteiger partial charge in [-0.05, 0) is 24.7 Å². The normalized spacial score (nSPS) is 25.8. The molecule has 1 N–H and O–H groups in total. The summed E-state index contributed by atoms with van der Waals surface area (Å²) >= 11 is 0. The number of hydrogen-bond donors (Lipinski definition) is 1. The molecule has 0 radical (unpaired) electrons. The number of nitrogens with one attached hydrogen (secondary N) is 1. The molecule has 2 saturated heterocycles. The largest absolute Gasteiger partial charge is 0.511 e. The third kappa shape index (κ3) is 4.88. The number of aliphatic imine (C=N–C) groups is 1. The Morgan fingerprint density at radius 2 is 1.86 bits per heavy atom. The zero-order chi connectivity index (χ0) is 21.1. The first-order valence-corrected chi connectivity index (χ1v) is 10.5. The van der Waals surface area contributed by atoms with Crippen molar-refractivity contribution in [2.24, 2.45) is 22.7 Å². The van der Waals surface area contributed by atoms with Crippen molar-refractivity contribution < 1.29 is 31.1 Å². The van der Waals surface area contributed by atoms with E-state index in [2.05, 4.69) is 10.3 Å². The van der Waals surface area contributed by atoms with E-state index in [4.69, 9.17) is 4.74 Å². The third-order valence-corrected chi connectivity index (χ3v) is 7.01. The van der Waals surface area contributed by atoms with Crippen LogP contribution >= 0.6 is 0 Å². The smallest absolute Gasteiger partial charge is 0.469 e. The molecule has 28 heavy (non-hydrogen) atoms. The molecular weight excluding hydrogens is 401 g/mol. The molecule has 0 aromatic rings. The molecule has 0 bridgehead atoms. The molecule has 2 aliphatic rings. The Hall–Kier alpha value is -1.56. The molecule has 12 heteroatoms. The van der Waals surface area contributed by atoms with E-state index in [1.165, 1.54) is 7.11 Å². The molecule has 2 fully saturated rings. The number of ether oxygens (including phenoxy) is 1. The molecule has 0 aromatic heterocycles. The lowest BCUT2D eigenvalue weighted by atomic mass is 9.98. The minimum atomic E-state index is -5.26. The summed E-state index contributed by atoms with van der Waals surface area (Å²) in [4.78, 5) is 18.0. The molecule has 0 saturated carbocycles. The first-order chi connectivity index (χ1) is 13.0. The monoisotopic (exact) mass is 428 g/mol. The molecule has 2 aliphatic heterocycles. The number of sulfonamides is 1. The van der Waals surface area contributed by atoms with Crippen molar-refractivity contribution in [3.8, 4) is 0 Å². The summed E-state index contributed by atoms with van der Waals surface area (Å²) in [5.74, 6) is 0.265. The first-order valence-electron chi connectivity index (χ1n) is 9.11. The summed E-state index contributed by atoms with van der Waals surface area (Å²) in [5, 5.41) is 3.20. The van der Waals surface area contributed by atoms with Crippen LogP contribution in [0.25, 0.3) is 0 Å². The van der Waals surface area contributed by atoms with Crippen molar-refractivity contribution in [1.82, 2.24) is 14.5 Å². The standard InChI is InChI=1S/C16H27F3N4O4S/c1-11-9-22(10-13(11)14(24)27-3)15(20-2)21-8-12-4-6-23(7-5-12)28(25,26)16(17,18)19/h11-13H,4-10H2,1-3H3,(H,20,21). The lowest BCUT2D eigenvalue weighted by molar-refractivity contribution is -0.146. The molecule has 2 rings (SSSR count). The SMILES string of the molecule is CN=C(NCC1CCN(S(=O)(=O)C(F)(F)F)CC1)N1CC(C)C(C(=O)OC)C1. The highest BCUT2D eigenvalue weighted by atomic mass is 32.2. The molecule has 0 spiro atoms. The summed E-state index contributed by atoms with van der Waals surface area (Å²) in [7, 11) is -2.28. The first kappa shape index (κ1) is 22.7. The van der Waals surface area contributed by atoms with Crippen LogP contribution in [0.5, 0.6) is 0 Å². The van der Waals surface area contributed by atoms with Gasteiger partial charge in [0.05, 0.1) is 13.0 Å². The van der Waals surface area contributed by atoms with E-state index in [0.29, 0.717) is 42.7 Å². The Labute approximate surface area is 163 Å². The number of esters is 1. The summed E-state index contributed by atoms with van der Waals surface area (Å²) in [6.07, 6.45) is 0.668. The van der Waals surface area contributed by atoms with Crippen LogP contribution in [0.3, 0.4) is 0 Å². The van der Waals surface area contributed by atoms with Crippen molar-refractivity contribution in [1.29, 1.82) is 0 Å². The number of carbonyl (C=O) groups is 1. The van der Waals surface area contributed by atoms with E-state index in [1.54, 1.807) is 7.05 Å². The molecular formula is C16H27F3N4O4S. The fourth-order valence-electron chi connectivity index (χ4n) is 3.67. The molecule has 2 heterocycles. The van der Waals surface area contributed by atoms with Crippen molar-refractivity contribution in [2.45, 2.75) is 25.3 Å². The molecule has 0 amide bonds. The number of nitrogens with zero attached hydrogens (tertiary/aromatic N) is 3. The van der Waals surface area contributed by atoms with Gasteiger partial charge in [-0.25, -0.2) is 8.42 Å². The molecule has 0 aromatic carbocycles. The predicted octanol–water partition coefficient (Wildman–Crippen LogP) is 0.864. The van der Waals surface area contributed by atoms with Crippen LogP contribution in [-0.2, 0) is 19.6 Å². The minimum absolute atomic E-state index is 0.0351. The van der Waals surface area contributed by atoms with Crippen molar-refractivity contribution >= 4 is 22.0 Å². The van der Waals surface area contributed by atoms with E-state index in [-0.39, 0.29) is 36.8 Å². The van der Waals surface area contributed by atoms with Crippen LogP contribution in [-0.4, -0.2) is 81.9 Å². The van der Waals surface area contributed by atoms with E-state index < -0.39 is 15.5 Å². The van der Waals surface area contributed by atoms with Crippen LogP contribution < -0.4 is 5.32 Å². The van der Waals surface area contributed by atoms with Gasteiger partial charge >= 0.3 is 21.5 Å². The van der Waals surface area contributed by atoms with Crippen LogP contribution in [0.15, 0.2) is 4.99 Å². The van der Waals surface area contributed by atoms with E-state index in [1.807, 2.05) is 11.8 Å². The Balaban J connectivity index is 1.85. The summed E-state index contributed by atoms with van der Waals surface area (Å²) in [6.45, 7) is 3.25. The van der Waals surface area contributed by atoms with E-state index in [9.17, 15) is 26.4 Å². The van der Waals surface area contributed by atoms with Crippen LogP contribution in [0.2, 0.25) is 0 Å². The second-order valence-corrected chi connectivity index (χ2v) is 9.16. The summed E-state index contributed by atoms with van der Waals surface area (Å²) in [5.41, 5.74) is -5.26. The highest BCUT2D eigenvalue weighted by Gasteiger charge is 2.50. The maximum absolute atomic E-state index is 12.6. The van der Waals surface area contributed by atoms with Crippen LogP contribution in [0.1, 0.15) is 19.8 Å². The molecule has 2 atom stereocenters. The van der Waals surface area contributed by atoms with Gasteiger partial charge in [0.25, 0.3) is 0 Å². The third-order valence-electron chi connectivity index (χ3n) is 5.38. The maximum Gasteiger partial charge on any atom is 0.511 e. The zero-order valence-electron chi connectivity index (χ0n) is 16.2. The van der Waals surface area contributed by atoms with Crippen LogP contribution in [0.4, 0.5) is 13.2 Å². The predicted molar refractivity (Wildman–Crippen MR) is 96.9 cm³/mol. The second kappa shape index (κ2) is 8.85. The van der Waals surface area contributed by atoms with Crippen LogP contribution in [0, 0.1) is 17.8 Å². The number of hydrogen-bond acceptors (Lipinski definition) is 5. The van der Waals surface area contributed by atoms with Gasteiger partial charge < -0.3 is 15.0 Å².